The summed E-state index contributed by atoms with van der Waals surface area (Å²) in [6.07, 6.45) is 4.48. The molecule has 19 heavy (non-hydrogen) atoms. The van der Waals surface area contributed by atoms with Crippen LogP contribution in [0.15, 0.2) is 33.5 Å². The topological polar surface area (TPSA) is 53.1 Å². The highest BCUT2D eigenvalue weighted by Gasteiger charge is 2.09. The lowest BCUT2D eigenvalue weighted by Crippen LogP contribution is -2.07. The molecule has 0 aliphatic heterocycles. The number of aryl methyl sites for hydroxylation is 1. The Balaban J connectivity index is 2.02. The lowest BCUT2D eigenvalue weighted by atomic mass is 10.2. The van der Waals surface area contributed by atoms with Crippen LogP contribution in [0.3, 0.4) is 0 Å². The Labute approximate surface area is 129 Å². The summed E-state index contributed by atoms with van der Waals surface area (Å²) in [6, 6.07) is 3.95. The standard InChI is InChI=1S/C13H15Br2N3O/c1-18-4-3-17-12(18)2-5-19-13-10(14)6-9(8-16)7-11(13)15/h3-4,6-7H,2,5,8,16H2,1H3. The lowest BCUT2D eigenvalue weighted by molar-refractivity contribution is 0.313. The maximum atomic E-state index is 5.81. The average molecular weight is 389 g/mol. The van der Waals surface area contributed by atoms with Gasteiger partial charge < -0.3 is 15.0 Å². The Morgan fingerprint density at radius 3 is 2.53 bits per heavy atom. The second kappa shape index (κ2) is 6.54. The summed E-state index contributed by atoms with van der Waals surface area (Å²) in [5, 5.41) is 0. The van der Waals surface area contributed by atoms with Crippen molar-refractivity contribution in [3.8, 4) is 5.75 Å². The molecule has 0 aliphatic carbocycles. The number of hydrogen-bond donors (Lipinski definition) is 1. The maximum Gasteiger partial charge on any atom is 0.147 e. The van der Waals surface area contributed by atoms with Gasteiger partial charge in [-0.25, -0.2) is 4.98 Å². The SMILES string of the molecule is Cn1ccnc1CCOc1c(Br)cc(CN)cc1Br. The van der Waals surface area contributed by atoms with E-state index in [1.807, 2.05) is 29.9 Å². The van der Waals surface area contributed by atoms with Gasteiger partial charge in [0.05, 0.1) is 15.6 Å². The molecule has 4 nitrogen and oxygen atoms in total. The van der Waals surface area contributed by atoms with Crippen LogP contribution in [0.4, 0.5) is 0 Å². The van der Waals surface area contributed by atoms with Crippen molar-refractivity contribution in [2.75, 3.05) is 6.61 Å². The van der Waals surface area contributed by atoms with Crippen LogP contribution in [-0.2, 0) is 20.0 Å². The molecule has 2 N–H and O–H groups in total. The molecule has 2 rings (SSSR count). The Morgan fingerprint density at radius 1 is 1.32 bits per heavy atom. The van der Waals surface area contributed by atoms with E-state index in [1.54, 1.807) is 6.20 Å². The molecule has 0 aliphatic rings. The third-order valence-electron chi connectivity index (χ3n) is 2.79. The van der Waals surface area contributed by atoms with Gasteiger partial charge in [0, 0.05) is 32.4 Å². The van der Waals surface area contributed by atoms with Gasteiger partial charge in [-0.2, -0.15) is 0 Å². The van der Waals surface area contributed by atoms with Gasteiger partial charge in [0.1, 0.15) is 11.6 Å². The summed E-state index contributed by atoms with van der Waals surface area (Å²) >= 11 is 7.00. The van der Waals surface area contributed by atoms with Crippen LogP contribution < -0.4 is 10.5 Å². The summed E-state index contributed by atoms with van der Waals surface area (Å²) in [4.78, 5) is 4.26. The maximum absolute atomic E-state index is 5.81. The Morgan fingerprint density at radius 2 is 2.00 bits per heavy atom. The summed E-state index contributed by atoms with van der Waals surface area (Å²) in [7, 11) is 1.98. The molecule has 0 atom stereocenters. The number of halogens is 2. The van der Waals surface area contributed by atoms with Gasteiger partial charge in [0.25, 0.3) is 0 Å². The predicted molar refractivity (Wildman–Crippen MR) is 82.1 cm³/mol. The molecule has 1 aromatic carbocycles. The lowest BCUT2D eigenvalue weighted by Gasteiger charge is -2.11. The fourth-order valence-corrected chi connectivity index (χ4v) is 3.26. The van der Waals surface area contributed by atoms with Crippen LogP contribution in [0.25, 0.3) is 0 Å². The van der Waals surface area contributed by atoms with Gasteiger partial charge in [-0.3, -0.25) is 0 Å². The zero-order valence-electron chi connectivity index (χ0n) is 10.6. The highest BCUT2D eigenvalue weighted by atomic mass is 79.9. The number of aromatic nitrogens is 2. The fraction of sp³-hybridized carbons (Fsp3) is 0.308. The molecule has 0 fully saturated rings. The molecular weight excluding hydrogens is 374 g/mol. The highest BCUT2D eigenvalue weighted by Crippen LogP contribution is 2.34. The van der Waals surface area contributed by atoms with Crippen LogP contribution in [0.2, 0.25) is 0 Å². The molecular formula is C13H15Br2N3O. The molecule has 102 valence electrons. The number of ether oxygens (including phenoxy) is 1. The molecule has 0 saturated carbocycles. The number of hydrogen-bond acceptors (Lipinski definition) is 3. The third kappa shape index (κ3) is 3.58. The monoisotopic (exact) mass is 387 g/mol. The minimum absolute atomic E-state index is 0.505. The van der Waals surface area contributed by atoms with E-state index in [0.29, 0.717) is 13.2 Å². The first-order valence-corrected chi connectivity index (χ1v) is 7.47. The number of benzene rings is 1. The molecule has 1 heterocycles. The van der Waals surface area contributed by atoms with Crippen molar-refractivity contribution in [1.29, 1.82) is 0 Å². The Hall–Kier alpha value is -0.850. The van der Waals surface area contributed by atoms with Gasteiger partial charge in [-0.15, -0.1) is 0 Å². The van der Waals surface area contributed by atoms with E-state index in [-0.39, 0.29) is 0 Å². The summed E-state index contributed by atoms with van der Waals surface area (Å²) in [5.41, 5.74) is 6.68. The average Bonchev–Trinajstić information content (AvgIpc) is 2.78. The van der Waals surface area contributed by atoms with E-state index < -0.39 is 0 Å². The number of nitrogens with zero attached hydrogens (tertiary/aromatic N) is 2. The molecule has 0 saturated heterocycles. The number of rotatable bonds is 5. The zero-order valence-corrected chi connectivity index (χ0v) is 13.7. The normalized spacial score (nSPS) is 10.7. The van der Waals surface area contributed by atoms with Crippen molar-refractivity contribution >= 4 is 31.9 Å². The van der Waals surface area contributed by atoms with Crippen molar-refractivity contribution in [3.63, 3.8) is 0 Å². The second-order valence-corrected chi connectivity index (χ2v) is 5.85. The van der Waals surface area contributed by atoms with Crippen LogP contribution in [0.1, 0.15) is 11.4 Å². The van der Waals surface area contributed by atoms with Gasteiger partial charge in [0.15, 0.2) is 0 Å². The van der Waals surface area contributed by atoms with E-state index >= 15 is 0 Å². The van der Waals surface area contributed by atoms with Crippen molar-refractivity contribution < 1.29 is 4.74 Å². The van der Waals surface area contributed by atoms with E-state index in [4.69, 9.17) is 10.5 Å². The van der Waals surface area contributed by atoms with Gasteiger partial charge >= 0.3 is 0 Å². The van der Waals surface area contributed by atoms with Gasteiger partial charge in [-0.1, -0.05) is 0 Å². The highest BCUT2D eigenvalue weighted by molar-refractivity contribution is 9.11. The van der Waals surface area contributed by atoms with Gasteiger partial charge in [0.2, 0.25) is 0 Å². The smallest absolute Gasteiger partial charge is 0.147 e. The Bertz CT molecular complexity index is 546. The van der Waals surface area contributed by atoms with Crippen LogP contribution in [0, 0.1) is 0 Å². The molecule has 0 bridgehead atoms. The van der Waals surface area contributed by atoms with Crippen LogP contribution in [-0.4, -0.2) is 16.2 Å². The zero-order chi connectivity index (χ0) is 13.8. The molecule has 0 unspecified atom stereocenters. The predicted octanol–water partition coefficient (Wildman–Crippen LogP) is 3.03. The molecule has 0 amide bonds. The van der Waals surface area contributed by atoms with Crippen molar-refractivity contribution in [1.82, 2.24) is 9.55 Å². The molecule has 0 spiro atoms. The number of imidazole rings is 1. The summed E-state index contributed by atoms with van der Waals surface area (Å²) in [6.45, 7) is 1.08. The van der Waals surface area contributed by atoms with E-state index in [0.717, 1.165) is 32.5 Å². The summed E-state index contributed by atoms with van der Waals surface area (Å²) < 4.78 is 9.61. The minimum Gasteiger partial charge on any atom is -0.491 e. The largest absolute Gasteiger partial charge is 0.491 e. The molecule has 2 aromatic rings. The third-order valence-corrected chi connectivity index (χ3v) is 3.96. The van der Waals surface area contributed by atoms with Crippen molar-refractivity contribution in [2.24, 2.45) is 12.8 Å². The van der Waals surface area contributed by atoms with Crippen LogP contribution >= 0.6 is 31.9 Å². The summed E-state index contributed by atoms with van der Waals surface area (Å²) in [5.74, 6) is 1.80. The van der Waals surface area contributed by atoms with E-state index in [9.17, 15) is 0 Å². The van der Waals surface area contributed by atoms with E-state index in [2.05, 4.69) is 36.8 Å². The van der Waals surface area contributed by atoms with Crippen molar-refractivity contribution in [2.45, 2.75) is 13.0 Å². The van der Waals surface area contributed by atoms with Crippen LogP contribution in [0.5, 0.6) is 5.75 Å². The van der Waals surface area contributed by atoms with E-state index in [1.165, 1.54) is 0 Å². The molecule has 6 heteroatoms. The number of nitrogens with two attached hydrogens (primary N) is 1. The molecule has 1 aromatic heterocycles. The minimum atomic E-state index is 0.505. The van der Waals surface area contributed by atoms with Gasteiger partial charge in [-0.05, 0) is 49.6 Å². The first-order chi connectivity index (χ1) is 9.11. The first-order valence-electron chi connectivity index (χ1n) is 5.88. The first kappa shape index (κ1) is 14.6. The second-order valence-electron chi connectivity index (χ2n) is 4.15. The Kier molecular flexibility index (Phi) is 5.01. The fourth-order valence-electron chi connectivity index (χ4n) is 1.75. The molecule has 0 radical (unpaired) electrons. The quantitative estimate of drug-likeness (QED) is 0.856. The van der Waals surface area contributed by atoms with Crippen molar-refractivity contribution in [3.05, 3.63) is 44.9 Å².